The third kappa shape index (κ3) is 4.00. The maximum absolute atomic E-state index is 12.9. The third-order valence-corrected chi connectivity index (χ3v) is 8.12. The molecule has 1 amide bonds. The third-order valence-electron chi connectivity index (χ3n) is 4.80. The molecule has 3 rings (SSSR count). The highest BCUT2D eigenvalue weighted by Gasteiger charge is 2.35. The number of hydrogen-bond donors (Lipinski definition) is 1. The van der Waals surface area contributed by atoms with E-state index in [9.17, 15) is 13.2 Å². The molecule has 1 saturated heterocycles. The molecule has 26 heavy (non-hydrogen) atoms. The van der Waals surface area contributed by atoms with Gasteiger partial charge in [-0.2, -0.15) is 4.31 Å². The number of anilines is 1. The Kier molecular flexibility index (Phi) is 5.79. The number of rotatable bonds is 5. The zero-order valence-electron chi connectivity index (χ0n) is 15.1. The molecule has 1 fully saturated rings. The smallest absolute Gasteiger partial charge is 0.252 e. The van der Waals surface area contributed by atoms with Gasteiger partial charge in [-0.25, -0.2) is 8.42 Å². The molecule has 140 valence electrons. The van der Waals surface area contributed by atoms with Crippen molar-refractivity contribution in [3.63, 3.8) is 0 Å². The number of piperidine rings is 1. The van der Waals surface area contributed by atoms with Gasteiger partial charge in [0.05, 0.1) is 0 Å². The maximum atomic E-state index is 12.9. The lowest BCUT2D eigenvalue weighted by molar-refractivity contribution is -0.117. The van der Waals surface area contributed by atoms with Gasteiger partial charge in [0.15, 0.2) is 0 Å². The number of thiophene rings is 1. The summed E-state index contributed by atoms with van der Waals surface area (Å²) in [5.74, 6) is -0.138. The van der Waals surface area contributed by atoms with Crippen LogP contribution >= 0.6 is 11.3 Å². The second-order valence-corrected chi connectivity index (χ2v) is 9.78. The summed E-state index contributed by atoms with van der Waals surface area (Å²) in [6.07, 6.45) is 2.67. The fraction of sp³-hybridized carbons (Fsp3) is 0.421. The summed E-state index contributed by atoms with van der Waals surface area (Å²) in [5, 5.41) is 4.74. The zero-order chi connectivity index (χ0) is 18.7. The topological polar surface area (TPSA) is 66.5 Å². The van der Waals surface area contributed by atoms with E-state index in [0.717, 1.165) is 29.7 Å². The van der Waals surface area contributed by atoms with Crippen LogP contribution in [0.2, 0.25) is 0 Å². The van der Waals surface area contributed by atoms with Crippen molar-refractivity contribution >= 4 is 33.0 Å². The summed E-state index contributed by atoms with van der Waals surface area (Å²) in [5.41, 5.74) is 2.83. The van der Waals surface area contributed by atoms with E-state index in [1.165, 1.54) is 15.6 Å². The van der Waals surface area contributed by atoms with E-state index in [2.05, 4.69) is 5.32 Å². The molecule has 1 aliphatic rings. The molecule has 5 nitrogen and oxygen atoms in total. The van der Waals surface area contributed by atoms with Crippen molar-refractivity contribution in [2.45, 2.75) is 49.8 Å². The van der Waals surface area contributed by atoms with E-state index in [0.29, 0.717) is 17.2 Å². The van der Waals surface area contributed by atoms with Crippen LogP contribution in [-0.4, -0.2) is 31.2 Å². The second-order valence-electron chi connectivity index (χ2n) is 6.72. The van der Waals surface area contributed by atoms with Gasteiger partial charge in [0.2, 0.25) is 5.91 Å². The number of carbonyl (C=O) groups excluding carboxylic acids is 1. The molecule has 0 radical (unpaired) electrons. The molecule has 0 aliphatic carbocycles. The van der Waals surface area contributed by atoms with Crippen LogP contribution in [-0.2, 0) is 14.8 Å². The molecule has 0 bridgehead atoms. The highest BCUT2D eigenvalue weighted by Crippen LogP contribution is 2.29. The summed E-state index contributed by atoms with van der Waals surface area (Å²) < 4.78 is 27.7. The Hall–Kier alpha value is -1.70. The Morgan fingerprint density at radius 1 is 1.19 bits per heavy atom. The Bertz CT molecular complexity index is 856. The summed E-state index contributed by atoms with van der Waals surface area (Å²) in [6, 6.07) is 8.94. The van der Waals surface area contributed by atoms with E-state index < -0.39 is 10.0 Å². The molecular formula is C19H24N2O3S2. The van der Waals surface area contributed by atoms with Gasteiger partial charge in [-0.1, -0.05) is 30.7 Å². The maximum Gasteiger partial charge on any atom is 0.252 e. The fourth-order valence-corrected chi connectivity index (χ4v) is 6.25. The highest BCUT2D eigenvalue weighted by molar-refractivity contribution is 7.91. The molecular weight excluding hydrogens is 368 g/mol. The van der Waals surface area contributed by atoms with Crippen molar-refractivity contribution in [2.24, 2.45) is 0 Å². The van der Waals surface area contributed by atoms with Gasteiger partial charge in [0, 0.05) is 24.7 Å². The minimum atomic E-state index is -3.53. The van der Waals surface area contributed by atoms with E-state index in [1.807, 2.05) is 32.0 Å². The first-order valence-electron chi connectivity index (χ1n) is 8.81. The normalized spacial score (nSPS) is 18.6. The predicted molar refractivity (Wildman–Crippen MR) is 105 cm³/mol. The standard InChI is InChI=1S/C19H24N2O3S2/c1-14-7-5-8-15(2)19(14)20-17(22)13-16-9-3-4-11-21(16)26(23,24)18-10-6-12-25-18/h5-8,10,12,16H,3-4,9,11,13H2,1-2H3,(H,20,22)/t16-/m1/s1. The molecule has 7 heteroatoms. The number of carbonyl (C=O) groups is 1. The first-order chi connectivity index (χ1) is 12.4. The SMILES string of the molecule is Cc1cccc(C)c1NC(=O)C[C@H]1CCCCN1S(=O)(=O)c1cccs1. The Morgan fingerprint density at radius 2 is 1.92 bits per heavy atom. The fourth-order valence-electron chi connectivity index (χ4n) is 3.44. The number of nitrogens with one attached hydrogen (secondary N) is 1. The van der Waals surface area contributed by atoms with Crippen LogP contribution < -0.4 is 5.32 Å². The van der Waals surface area contributed by atoms with Gasteiger partial charge in [-0.15, -0.1) is 11.3 Å². The summed E-state index contributed by atoms with van der Waals surface area (Å²) >= 11 is 1.22. The van der Waals surface area contributed by atoms with Crippen molar-refractivity contribution < 1.29 is 13.2 Å². The molecule has 1 atom stereocenters. The van der Waals surface area contributed by atoms with Gasteiger partial charge in [0.1, 0.15) is 4.21 Å². The molecule has 2 aromatic rings. The predicted octanol–water partition coefficient (Wildman–Crippen LogP) is 3.94. The summed E-state index contributed by atoms with van der Waals surface area (Å²) in [6.45, 7) is 4.38. The Balaban J connectivity index is 1.76. The Labute approximate surface area is 159 Å². The van der Waals surface area contributed by atoms with Crippen LogP contribution in [0.25, 0.3) is 0 Å². The van der Waals surface area contributed by atoms with Crippen LogP contribution in [0.3, 0.4) is 0 Å². The van der Waals surface area contributed by atoms with Gasteiger partial charge in [-0.3, -0.25) is 4.79 Å². The minimum Gasteiger partial charge on any atom is -0.326 e. The van der Waals surface area contributed by atoms with Crippen molar-refractivity contribution in [3.05, 3.63) is 46.8 Å². The lowest BCUT2D eigenvalue weighted by Gasteiger charge is -2.34. The highest BCUT2D eigenvalue weighted by atomic mass is 32.2. The average Bonchev–Trinajstić information content (AvgIpc) is 3.14. The summed E-state index contributed by atoms with van der Waals surface area (Å²) in [4.78, 5) is 12.6. The number of benzene rings is 1. The number of nitrogens with zero attached hydrogens (tertiary/aromatic N) is 1. The number of para-hydroxylation sites is 1. The molecule has 1 aromatic carbocycles. The summed E-state index contributed by atoms with van der Waals surface area (Å²) in [7, 11) is -3.53. The van der Waals surface area contributed by atoms with Crippen LogP contribution in [0.1, 0.15) is 36.8 Å². The molecule has 0 spiro atoms. The van der Waals surface area contributed by atoms with E-state index in [4.69, 9.17) is 0 Å². The number of sulfonamides is 1. The van der Waals surface area contributed by atoms with Crippen LogP contribution in [0.15, 0.2) is 39.9 Å². The minimum absolute atomic E-state index is 0.138. The molecule has 1 N–H and O–H groups in total. The number of hydrogen-bond acceptors (Lipinski definition) is 4. The number of aryl methyl sites for hydroxylation is 2. The monoisotopic (exact) mass is 392 g/mol. The molecule has 1 aromatic heterocycles. The Morgan fingerprint density at radius 3 is 2.58 bits per heavy atom. The molecule has 1 aliphatic heterocycles. The van der Waals surface area contributed by atoms with Crippen molar-refractivity contribution in [1.82, 2.24) is 4.31 Å². The van der Waals surface area contributed by atoms with Crippen molar-refractivity contribution in [1.29, 1.82) is 0 Å². The van der Waals surface area contributed by atoms with Crippen molar-refractivity contribution in [2.75, 3.05) is 11.9 Å². The first kappa shape index (κ1) is 19.1. The van der Waals surface area contributed by atoms with Gasteiger partial charge in [-0.05, 0) is 49.3 Å². The van der Waals surface area contributed by atoms with Gasteiger partial charge in [0.25, 0.3) is 10.0 Å². The number of amides is 1. The molecule has 2 heterocycles. The largest absolute Gasteiger partial charge is 0.326 e. The van der Waals surface area contributed by atoms with Crippen molar-refractivity contribution in [3.8, 4) is 0 Å². The second kappa shape index (κ2) is 7.90. The van der Waals surface area contributed by atoms with Crippen LogP contribution in [0.5, 0.6) is 0 Å². The lowest BCUT2D eigenvalue weighted by atomic mass is 10.0. The quantitative estimate of drug-likeness (QED) is 0.838. The lowest BCUT2D eigenvalue weighted by Crippen LogP contribution is -2.45. The first-order valence-corrected chi connectivity index (χ1v) is 11.1. The van der Waals surface area contributed by atoms with E-state index in [1.54, 1.807) is 17.5 Å². The van der Waals surface area contributed by atoms with Crippen LogP contribution in [0.4, 0.5) is 5.69 Å². The van der Waals surface area contributed by atoms with Crippen LogP contribution in [0, 0.1) is 13.8 Å². The van der Waals surface area contributed by atoms with E-state index >= 15 is 0 Å². The van der Waals surface area contributed by atoms with Gasteiger partial charge < -0.3 is 5.32 Å². The molecule has 0 saturated carbocycles. The zero-order valence-corrected chi connectivity index (χ0v) is 16.7. The van der Waals surface area contributed by atoms with Gasteiger partial charge >= 0.3 is 0 Å². The molecule has 0 unspecified atom stereocenters. The average molecular weight is 393 g/mol. The van der Waals surface area contributed by atoms with E-state index in [-0.39, 0.29) is 18.4 Å².